The Bertz CT molecular complexity index is 778. The number of rotatable bonds is 2. The minimum atomic E-state index is 0.488. The predicted octanol–water partition coefficient (Wildman–Crippen LogP) is 2.02. The van der Waals surface area contributed by atoms with Gasteiger partial charge in [-0.3, -0.25) is 0 Å². The first-order valence-corrected chi connectivity index (χ1v) is 6.88. The monoisotopic (exact) mass is 293 g/mol. The van der Waals surface area contributed by atoms with E-state index in [1.807, 2.05) is 45.9 Å². The predicted molar refractivity (Wildman–Crippen MR) is 80.8 cm³/mol. The summed E-state index contributed by atoms with van der Waals surface area (Å²) in [6, 6.07) is 5.54. The third-order valence-corrected chi connectivity index (χ3v) is 3.39. The zero-order chi connectivity index (χ0) is 15.7. The van der Waals surface area contributed by atoms with Crippen LogP contribution in [0, 0.1) is 27.7 Å². The number of nitrogens with zero attached hydrogens (tertiary/aromatic N) is 7. The number of hydrogen-bond donors (Lipinski definition) is 0. The number of aromatic nitrogens is 7. The fraction of sp³-hybridized carbons (Fsp3) is 0.267. The first kappa shape index (κ1) is 14.1. The smallest absolute Gasteiger partial charge is 0.200 e. The molecule has 22 heavy (non-hydrogen) atoms. The van der Waals surface area contributed by atoms with E-state index >= 15 is 0 Å². The second-order valence-corrected chi connectivity index (χ2v) is 5.02. The van der Waals surface area contributed by atoms with Gasteiger partial charge in [0.1, 0.15) is 11.4 Å². The van der Waals surface area contributed by atoms with E-state index < -0.39 is 0 Å². The second-order valence-electron chi connectivity index (χ2n) is 5.02. The maximum Gasteiger partial charge on any atom is 0.200 e. The van der Waals surface area contributed by atoms with Crippen molar-refractivity contribution in [2.24, 2.45) is 0 Å². The van der Waals surface area contributed by atoms with Crippen molar-refractivity contribution in [2.45, 2.75) is 27.7 Å². The van der Waals surface area contributed by atoms with Gasteiger partial charge < -0.3 is 0 Å². The van der Waals surface area contributed by atoms with Crippen LogP contribution >= 0.6 is 0 Å². The van der Waals surface area contributed by atoms with E-state index in [9.17, 15) is 0 Å². The molecule has 0 N–H and O–H groups in total. The molecular weight excluding hydrogens is 278 g/mol. The fourth-order valence-electron chi connectivity index (χ4n) is 1.81. The molecule has 0 amide bonds. The summed E-state index contributed by atoms with van der Waals surface area (Å²) in [6.07, 6.45) is 0. The third kappa shape index (κ3) is 2.65. The lowest BCUT2D eigenvalue weighted by Crippen LogP contribution is -2.02. The van der Waals surface area contributed by atoms with Crippen molar-refractivity contribution in [2.75, 3.05) is 0 Å². The summed E-state index contributed by atoms with van der Waals surface area (Å²) in [7, 11) is 0. The molecule has 0 saturated carbocycles. The average Bonchev–Trinajstić information content (AvgIpc) is 2.53. The van der Waals surface area contributed by atoms with Crippen molar-refractivity contribution in [1.82, 2.24) is 35.3 Å². The van der Waals surface area contributed by atoms with Crippen molar-refractivity contribution >= 4 is 0 Å². The van der Waals surface area contributed by atoms with E-state index in [2.05, 4.69) is 35.3 Å². The lowest BCUT2D eigenvalue weighted by molar-refractivity contribution is 0.890. The zero-order valence-electron chi connectivity index (χ0n) is 12.9. The molecule has 0 unspecified atom stereocenters. The molecule has 3 aromatic rings. The quantitative estimate of drug-likeness (QED) is 0.713. The van der Waals surface area contributed by atoms with Gasteiger partial charge in [-0.25, -0.2) is 15.0 Å². The fourth-order valence-corrected chi connectivity index (χ4v) is 1.81. The average molecular weight is 293 g/mol. The van der Waals surface area contributed by atoms with Crippen LogP contribution in [0.2, 0.25) is 0 Å². The molecule has 3 aromatic heterocycles. The van der Waals surface area contributed by atoms with E-state index in [0.717, 1.165) is 22.8 Å². The van der Waals surface area contributed by atoms with Crippen molar-refractivity contribution in [3.63, 3.8) is 0 Å². The molecule has 7 nitrogen and oxygen atoms in total. The summed E-state index contributed by atoms with van der Waals surface area (Å²) in [5.41, 5.74) is 4.55. The highest BCUT2D eigenvalue weighted by molar-refractivity contribution is 5.56. The molecule has 0 aliphatic heterocycles. The van der Waals surface area contributed by atoms with Gasteiger partial charge in [-0.1, -0.05) is 6.07 Å². The Hall–Kier alpha value is -2.83. The van der Waals surface area contributed by atoms with Crippen molar-refractivity contribution in [1.29, 1.82) is 0 Å². The molecule has 3 heterocycles. The van der Waals surface area contributed by atoms with Crippen LogP contribution in [0.5, 0.6) is 0 Å². The molecule has 0 aromatic carbocycles. The summed E-state index contributed by atoms with van der Waals surface area (Å²) in [6.45, 7) is 7.54. The summed E-state index contributed by atoms with van der Waals surface area (Å²) in [4.78, 5) is 13.4. The van der Waals surface area contributed by atoms with Crippen LogP contribution in [-0.2, 0) is 0 Å². The minimum Gasteiger partial charge on any atom is -0.241 e. The highest BCUT2D eigenvalue weighted by Crippen LogP contribution is 2.18. The van der Waals surface area contributed by atoms with Crippen LogP contribution < -0.4 is 0 Å². The van der Waals surface area contributed by atoms with Crippen LogP contribution in [0.1, 0.15) is 22.8 Å². The lowest BCUT2D eigenvalue weighted by atomic mass is 10.2. The molecule has 3 rings (SSSR count). The molecule has 0 saturated heterocycles. The van der Waals surface area contributed by atoms with Crippen molar-refractivity contribution < 1.29 is 0 Å². The Morgan fingerprint density at radius 1 is 0.545 bits per heavy atom. The molecule has 0 aliphatic rings. The van der Waals surface area contributed by atoms with Crippen molar-refractivity contribution in [3.05, 3.63) is 41.0 Å². The van der Waals surface area contributed by atoms with E-state index in [0.29, 0.717) is 23.0 Å². The summed E-state index contributed by atoms with van der Waals surface area (Å²) in [5.74, 6) is 0.975. The normalized spacial score (nSPS) is 10.7. The Labute approximate surface area is 127 Å². The Morgan fingerprint density at radius 2 is 1.00 bits per heavy atom. The number of pyridine rings is 1. The molecular formula is C15H15N7. The van der Waals surface area contributed by atoms with E-state index in [-0.39, 0.29) is 0 Å². The SMILES string of the molecule is Cc1nnc(-c2cccc(-c3nnc(C)c(C)n3)n2)nc1C. The van der Waals surface area contributed by atoms with Crippen LogP contribution in [0.3, 0.4) is 0 Å². The summed E-state index contributed by atoms with van der Waals surface area (Å²) >= 11 is 0. The second kappa shape index (κ2) is 5.51. The third-order valence-electron chi connectivity index (χ3n) is 3.39. The minimum absolute atomic E-state index is 0.488. The van der Waals surface area contributed by atoms with Crippen LogP contribution in [-0.4, -0.2) is 35.3 Å². The van der Waals surface area contributed by atoms with E-state index in [1.165, 1.54) is 0 Å². The van der Waals surface area contributed by atoms with E-state index in [4.69, 9.17) is 0 Å². The first-order valence-electron chi connectivity index (χ1n) is 6.88. The highest BCUT2D eigenvalue weighted by Gasteiger charge is 2.10. The van der Waals surface area contributed by atoms with Crippen LogP contribution in [0.15, 0.2) is 18.2 Å². The molecule has 0 bridgehead atoms. The Kier molecular flexibility index (Phi) is 3.54. The first-order chi connectivity index (χ1) is 10.5. The van der Waals surface area contributed by atoms with Crippen LogP contribution in [0.25, 0.3) is 23.0 Å². The van der Waals surface area contributed by atoms with Gasteiger partial charge in [-0.05, 0) is 39.8 Å². The van der Waals surface area contributed by atoms with Gasteiger partial charge in [0, 0.05) is 0 Å². The standard InChI is InChI=1S/C15H15N7/c1-8-10(3)19-21-14(16-8)12-6-5-7-13(18-12)15-17-9(2)11(4)20-22-15/h5-7H,1-4H3. The topological polar surface area (TPSA) is 90.2 Å². The van der Waals surface area contributed by atoms with Gasteiger partial charge in [0.25, 0.3) is 0 Å². The van der Waals surface area contributed by atoms with Gasteiger partial charge in [-0.2, -0.15) is 10.2 Å². The van der Waals surface area contributed by atoms with Gasteiger partial charge >= 0.3 is 0 Å². The van der Waals surface area contributed by atoms with Gasteiger partial charge in [0.15, 0.2) is 0 Å². The summed E-state index contributed by atoms with van der Waals surface area (Å²) < 4.78 is 0. The van der Waals surface area contributed by atoms with Crippen molar-refractivity contribution in [3.8, 4) is 23.0 Å². The molecule has 0 fully saturated rings. The largest absolute Gasteiger partial charge is 0.241 e. The molecule has 0 radical (unpaired) electrons. The number of hydrogen-bond acceptors (Lipinski definition) is 7. The van der Waals surface area contributed by atoms with Gasteiger partial charge in [-0.15, -0.1) is 10.2 Å². The highest BCUT2D eigenvalue weighted by atomic mass is 15.2. The Balaban J connectivity index is 2.05. The van der Waals surface area contributed by atoms with Gasteiger partial charge in [0.05, 0.1) is 22.8 Å². The zero-order valence-corrected chi connectivity index (χ0v) is 12.9. The molecule has 0 atom stereocenters. The van der Waals surface area contributed by atoms with E-state index in [1.54, 1.807) is 0 Å². The maximum absolute atomic E-state index is 4.52. The van der Waals surface area contributed by atoms with Crippen LogP contribution in [0.4, 0.5) is 0 Å². The van der Waals surface area contributed by atoms with Gasteiger partial charge in [0.2, 0.25) is 11.6 Å². The number of aryl methyl sites for hydroxylation is 4. The maximum atomic E-state index is 4.52. The molecule has 0 aliphatic carbocycles. The Morgan fingerprint density at radius 3 is 1.41 bits per heavy atom. The molecule has 0 spiro atoms. The summed E-state index contributed by atoms with van der Waals surface area (Å²) in [5, 5.41) is 16.4. The lowest BCUT2D eigenvalue weighted by Gasteiger charge is -2.05. The molecule has 7 heteroatoms. The molecule has 110 valence electrons.